The Morgan fingerprint density at radius 1 is 0.429 bits per heavy atom. The Morgan fingerprint density at radius 3 is 1.20 bits per heavy atom. The molecule has 2 aliphatic heterocycles. The van der Waals surface area contributed by atoms with Crippen LogP contribution in [0.3, 0.4) is 0 Å². The van der Waals surface area contributed by atoms with E-state index in [0.717, 1.165) is 57.8 Å². The molecule has 0 aromatic heterocycles. The highest BCUT2D eigenvalue weighted by Crippen LogP contribution is 2.30. The molecule has 0 bridgehead atoms. The molecule has 2 rings (SSSR count). The molecule has 2 saturated heterocycles. The van der Waals surface area contributed by atoms with E-state index < -0.39 is 86.8 Å². The summed E-state index contributed by atoms with van der Waals surface area (Å²) in [7, 11) is 0. The molecular formula is C70H131NO13. The summed E-state index contributed by atoms with van der Waals surface area (Å²) >= 11 is 0. The Kier molecular flexibility index (Phi) is 51.5. The molecule has 0 radical (unpaired) electrons. The van der Waals surface area contributed by atoms with E-state index in [4.69, 9.17) is 18.9 Å². The number of hydrogen-bond acceptors (Lipinski definition) is 13. The van der Waals surface area contributed by atoms with Gasteiger partial charge in [0, 0.05) is 6.42 Å². The van der Waals surface area contributed by atoms with Crippen LogP contribution in [-0.4, -0.2) is 140 Å². The molecule has 84 heavy (non-hydrogen) atoms. The smallest absolute Gasteiger partial charge is 0.220 e. The molecule has 9 N–H and O–H groups in total. The van der Waals surface area contributed by atoms with E-state index in [1.807, 2.05) is 6.08 Å². The molecule has 14 heteroatoms. The molecule has 0 aromatic rings. The number of aliphatic hydroxyl groups is 8. The van der Waals surface area contributed by atoms with Crippen molar-refractivity contribution in [2.45, 2.75) is 383 Å². The molecule has 0 spiro atoms. The van der Waals surface area contributed by atoms with Gasteiger partial charge in [-0.25, -0.2) is 0 Å². The summed E-state index contributed by atoms with van der Waals surface area (Å²) in [6, 6.07) is -0.920. The highest BCUT2D eigenvalue weighted by molar-refractivity contribution is 5.76. The molecule has 0 aliphatic carbocycles. The second-order valence-corrected chi connectivity index (χ2v) is 25.0. The Morgan fingerprint density at radius 2 is 0.786 bits per heavy atom. The van der Waals surface area contributed by atoms with E-state index in [-0.39, 0.29) is 18.9 Å². The summed E-state index contributed by atoms with van der Waals surface area (Å²) in [6.07, 6.45) is 53.5. The van der Waals surface area contributed by atoms with Crippen molar-refractivity contribution < 1.29 is 64.6 Å². The van der Waals surface area contributed by atoms with Gasteiger partial charge in [0.2, 0.25) is 5.91 Å². The first-order valence-corrected chi connectivity index (χ1v) is 35.2. The summed E-state index contributed by atoms with van der Waals surface area (Å²) < 4.78 is 22.8. The number of unbranched alkanes of at least 4 members (excludes halogenated alkanes) is 41. The van der Waals surface area contributed by atoms with Crippen LogP contribution in [0, 0.1) is 0 Å². The summed E-state index contributed by atoms with van der Waals surface area (Å²) in [6.45, 7) is 2.81. The van der Waals surface area contributed by atoms with Crippen molar-refractivity contribution in [2.75, 3.05) is 19.8 Å². The third-order valence-corrected chi connectivity index (χ3v) is 17.3. The van der Waals surface area contributed by atoms with Gasteiger partial charge in [-0.15, -0.1) is 0 Å². The van der Waals surface area contributed by atoms with Crippen molar-refractivity contribution in [1.29, 1.82) is 0 Å². The summed E-state index contributed by atoms with van der Waals surface area (Å²) in [4.78, 5) is 13.3. The summed E-state index contributed by atoms with van der Waals surface area (Å²) in [5.41, 5.74) is 0. The minimum absolute atomic E-state index is 0.244. The fraction of sp³-hybridized carbons (Fsp3) is 0.900. The van der Waals surface area contributed by atoms with Gasteiger partial charge in [-0.05, 0) is 51.4 Å². The fourth-order valence-corrected chi connectivity index (χ4v) is 11.7. The lowest BCUT2D eigenvalue weighted by molar-refractivity contribution is -0.359. The first kappa shape index (κ1) is 78.3. The van der Waals surface area contributed by atoms with Crippen LogP contribution < -0.4 is 5.32 Å². The fourth-order valence-electron chi connectivity index (χ4n) is 11.7. The van der Waals surface area contributed by atoms with Crippen molar-refractivity contribution in [1.82, 2.24) is 5.32 Å². The molecule has 12 unspecified atom stereocenters. The van der Waals surface area contributed by atoms with Crippen molar-refractivity contribution in [3.8, 4) is 0 Å². The van der Waals surface area contributed by atoms with Gasteiger partial charge in [0.25, 0.3) is 0 Å². The van der Waals surface area contributed by atoms with E-state index in [1.165, 1.54) is 225 Å². The maximum atomic E-state index is 13.3. The first-order chi connectivity index (χ1) is 41.1. The summed E-state index contributed by atoms with van der Waals surface area (Å²) in [5.74, 6) is -0.244. The number of carbonyl (C=O) groups excluding carboxylic acids is 1. The zero-order valence-electron chi connectivity index (χ0n) is 53.7. The standard InChI is InChI=1S/C70H131NO13/c1-3-5-7-9-11-13-15-17-19-21-23-24-25-26-27-28-29-30-31-32-33-34-35-36-37-39-41-43-45-47-49-51-53-59(74)58(71-62(75)54-52-50-48-46-44-42-40-38-22-20-18-16-14-12-10-8-6-4-2)57-81-69-67(80)65(78)68(61(56-73)83-69)84-70-66(79)64(77)63(76)60(55-72)82-70/h14,16,20,22,51,53,58-61,63-70,72-74,76-80H,3-13,15,17-19,21,23-50,52,54-57H2,1-2H3,(H,71,75)/b16-14-,22-20-,53-51+. The number of rotatable bonds is 58. The van der Waals surface area contributed by atoms with Gasteiger partial charge >= 0.3 is 0 Å². The number of amides is 1. The van der Waals surface area contributed by atoms with E-state index in [1.54, 1.807) is 6.08 Å². The lowest BCUT2D eigenvalue weighted by atomic mass is 9.97. The minimum Gasteiger partial charge on any atom is -0.394 e. The van der Waals surface area contributed by atoms with Crippen LogP contribution in [0.15, 0.2) is 36.5 Å². The van der Waals surface area contributed by atoms with Crippen molar-refractivity contribution in [2.24, 2.45) is 0 Å². The van der Waals surface area contributed by atoms with Gasteiger partial charge in [0.05, 0.1) is 32.0 Å². The van der Waals surface area contributed by atoms with E-state index >= 15 is 0 Å². The van der Waals surface area contributed by atoms with Gasteiger partial charge in [0.15, 0.2) is 12.6 Å². The van der Waals surface area contributed by atoms with Crippen LogP contribution in [0.25, 0.3) is 0 Å². The molecular weight excluding hydrogens is 1060 g/mol. The quantitative estimate of drug-likeness (QED) is 0.0204. The topological polar surface area (TPSA) is 228 Å². The molecule has 0 aromatic carbocycles. The largest absolute Gasteiger partial charge is 0.394 e. The Hall–Kier alpha value is -1.79. The van der Waals surface area contributed by atoms with Crippen LogP contribution in [0.1, 0.15) is 309 Å². The van der Waals surface area contributed by atoms with Crippen LogP contribution in [0.5, 0.6) is 0 Å². The van der Waals surface area contributed by atoms with Crippen LogP contribution in [-0.2, 0) is 23.7 Å². The second-order valence-electron chi connectivity index (χ2n) is 25.0. The number of ether oxygens (including phenoxy) is 4. The van der Waals surface area contributed by atoms with Crippen LogP contribution >= 0.6 is 0 Å². The van der Waals surface area contributed by atoms with Crippen molar-refractivity contribution >= 4 is 5.91 Å². The maximum Gasteiger partial charge on any atom is 0.220 e. The van der Waals surface area contributed by atoms with Gasteiger partial charge in [-0.2, -0.15) is 0 Å². The van der Waals surface area contributed by atoms with Crippen molar-refractivity contribution in [3.05, 3.63) is 36.5 Å². The maximum absolute atomic E-state index is 13.3. The highest BCUT2D eigenvalue weighted by Gasteiger charge is 2.51. The number of carbonyl (C=O) groups is 1. The number of aliphatic hydroxyl groups excluding tert-OH is 8. The SMILES string of the molecule is CCCCCC/C=C\C/C=C\CCCCCCCCCC(=O)NC(COC1OC(CO)C(OC2OC(CO)C(O)C(O)C2O)C(O)C1O)C(O)/C=C/CCCCCCCCCCCCCCCCCCCCCCCCCCCCCCCC. The van der Waals surface area contributed by atoms with Gasteiger partial charge in [-0.1, -0.05) is 288 Å². The van der Waals surface area contributed by atoms with E-state index in [0.29, 0.717) is 6.42 Å². The molecule has 1 amide bonds. The zero-order chi connectivity index (χ0) is 60.9. The first-order valence-electron chi connectivity index (χ1n) is 35.2. The highest BCUT2D eigenvalue weighted by atomic mass is 16.7. The molecule has 14 nitrogen and oxygen atoms in total. The monoisotopic (exact) mass is 1190 g/mol. The number of hydrogen-bond donors (Lipinski definition) is 9. The van der Waals surface area contributed by atoms with Crippen LogP contribution in [0.4, 0.5) is 0 Å². The third kappa shape index (κ3) is 39.3. The normalized spacial score (nSPS) is 23.8. The predicted octanol–water partition coefficient (Wildman–Crippen LogP) is 14.1. The molecule has 12 atom stereocenters. The third-order valence-electron chi connectivity index (χ3n) is 17.3. The van der Waals surface area contributed by atoms with E-state index in [2.05, 4.69) is 43.5 Å². The minimum atomic E-state index is -1.79. The lowest BCUT2D eigenvalue weighted by Gasteiger charge is -2.46. The number of nitrogens with one attached hydrogen (secondary N) is 1. The van der Waals surface area contributed by atoms with E-state index in [9.17, 15) is 45.6 Å². The average molecular weight is 1190 g/mol. The van der Waals surface area contributed by atoms with Crippen LogP contribution in [0.2, 0.25) is 0 Å². The lowest BCUT2D eigenvalue weighted by Crippen LogP contribution is -2.65. The van der Waals surface area contributed by atoms with Gasteiger partial charge < -0.3 is 65.1 Å². The second kappa shape index (κ2) is 55.3. The summed E-state index contributed by atoms with van der Waals surface area (Å²) in [5, 5.41) is 87.4. The molecule has 494 valence electrons. The Labute approximate surface area is 512 Å². The predicted molar refractivity (Wildman–Crippen MR) is 341 cm³/mol. The molecule has 2 aliphatic rings. The Balaban J connectivity index is 1.66. The Bertz CT molecular complexity index is 1550. The van der Waals surface area contributed by atoms with Crippen molar-refractivity contribution in [3.63, 3.8) is 0 Å². The molecule has 2 heterocycles. The number of allylic oxidation sites excluding steroid dienone is 5. The average Bonchev–Trinajstić information content (AvgIpc) is 3.16. The molecule has 2 fully saturated rings. The molecule has 0 saturated carbocycles. The van der Waals surface area contributed by atoms with Gasteiger partial charge in [-0.3, -0.25) is 4.79 Å². The zero-order valence-corrected chi connectivity index (χ0v) is 53.7. The van der Waals surface area contributed by atoms with Gasteiger partial charge in [0.1, 0.15) is 48.8 Å².